The Morgan fingerprint density at radius 1 is 1.23 bits per heavy atom. The van der Waals surface area contributed by atoms with E-state index in [2.05, 4.69) is 72.6 Å². The summed E-state index contributed by atoms with van der Waals surface area (Å²) in [5, 5.41) is 0. The maximum Gasteiger partial charge on any atom is 0.159 e. The van der Waals surface area contributed by atoms with E-state index >= 15 is 0 Å². The molecule has 1 aromatic rings. The highest BCUT2D eigenvalue weighted by Gasteiger charge is 2.34. The molecule has 2 N–H and O–H groups in total. The van der Waals surface area contributed by atoms with Gasteiger partial charge >= 0.3 is 0 Å². The standard InChI is InChI=1S/C26H41N5/c1-19(13-15-26(5)21(3)11-8-12-22(26)4)9-7-10-20(2)14-16-31-18-30(6)25-23(31)24(27)28-17-29-25/h9,11,14,17,22H,7-8,10,12-13,15-16,18H2,1-6H3,(H2,27,28,29). The molecular formula is C26H41N5. The molecule has 1 aromatic heterocycles. The van der Waals surface area contributed by atoms with Gasteiger partial charge in [-0.3, -0.25) is 0 Å². The third-order valence-corrected chi connectivity index (χ3v) is 7.66. The second kappa shape index (κ2) is 9.88. The normalized spacial score (nSPS) is 24.5. The number of rotatable bonds is 8. The number of nitrogens with zero attached hydrogens (tertiary/aromatic N) is 4. The second-order valence-electron chi connectivity index (χ2n) is 9.92. The SMILES string of the molecule is CC(=CCN1CN(C)c2ncnc(N)c21)CCC=C(C)CCC1(C)C(C)=CCCC1C. The molecule has 1 aliphatic heterocycles. The van der Waals surface area contributed by atoms with E-state index in [-0.39, 0.29) is 0 Å². The molecule has 170 valence electrons. The first kappa shape index (κ1) is 23.4. The van der Waals surface area contributed by atoms with Crippen LogP contribution in [0.3, 0.4) is 0 Å². The number of nitrogen functional groups attached to an aromatic ring is 1. The summed E-state index contributed by atoms with van der Waals surface area (Å²) in [7, 11) is 2.04. The second-order valence-corrected chi connectivity index (χ2v) is 9.92. The molecule has 3 rings (SSSR count). The number of aromatic nitrogens is 2. The highest BCUT2D eigenvalue weighted by molar-refractivity contribution is 5.81. The minimum absolute atomic E-state index is 0.369. The van der Waals surface area contributed by atoms with Gasteiger partial charge in [-0.2, -0.15) is 0 Å². The number of fused-ring (bicyclic) bond motifs is 1. The number of nitrogens with two attached hydrogens (primary N) is 1. The lowest BCUT2D eigenvalue weighted by atomic mass is 9.65. The molecule has 0 aromatic carbocycles. The summed E-state index contributed by atoms with van der Waals surface area (Å²) >= 11 is 0. The predicted molar refractivity (Wildman–Crippen MR) is 133 cm³/mol. The third kappa shape index (κ3) is 5.31. The number of allylic oxidation sites excluding steroid dienone is 5. The van der Waals surface area contributed by atoms with Crippen LogP contribution in [0.1, 0.15) is 73.1 Å². The van der Waals surface area contributed by atoms with Crippen LogP contribution in [0.15, 0.2) is 41.3 Å². The molecule has 2 heterocycles. The summed E-state index contributed by atoms with van der Waals surface area (Å²) in [6, 6.07) is 0. The lowest BCUT2D eigenvalue weighted by Gasteiger charge is -2.40. The number of anilines is 3. The Hall–Kier alpha value is -2.30. The topological polar surface area (TPSA) is 58.3 Å². The molecule has 2 atom stereocenters. The van der Waals surface area contributed by atoms with Crippen LogP contribution in [0.25, 0.3) is 0 Å². The average molecular weight is 424 g/mol. The molecule has 0 amide bonds. The molecular weight excluding hydrogens is 382 g/mol. The van der Waals surface area contributed by atoms with E-state index in [1.807, 2.05) is 7.05 Å². The monoisotopic (exact) mass is 423 g/mol. The highest BCUT2D eigenvalue weighted by atomic mass is 15.4. The van der Waals surface area contributed by atoms with E-state index in [0.29, 0.717) is 11.2 Å². The van der Waals surface area contributed by atoms with Crippen molar-refractivity contribution in [3.63, 3.8) is 0 Å². The highest BCUT2D eigenvalue weighted by Crippen LogP contribution is 2.45. The summed E-state index contributed by atoms with van der Waals surface area (Å²) in [5.74, 6) is 2.26. The van der Waals surface area contributed by atoms with Crippen LogP contribution in [0, 0.1) is 11.3 Å². The minimum atomic E-state index is 0.369. The van der Waals surface area contributed by atoms with Crippen molar-refractivity contribution in [2.75, 3.05) is 35.8 Å². The van der Waals surface area contributed by atoms with Gasteiger partial charge in [0.05, 0.1) is 6.67 Å². The molecule has 2 aliphatic rings. The molecule has 0 bridgehead atoms. The van der Waals surface area contributed by atoms with Gasteiger partial charge in [-0.05, 0) is 70.6 Å². The Morgan fingerprint density at radius 2 is 1.97 bits per heavy atom. The fourth-order valence-electron chi connectivity index (χ4n) is 4.92. The van der Waals surface area contributed by atoms with E-state index in [1.54, 1.807) is 5.57 Å². The first-order chi connectivity index (χ1) is 14.7. The van der Waals surface area contributed by atoms with Crippen LogP contribution < -0.4 is 15.5 Å². The molecule has 0 saturated carbocycles. The summed E-state index contributed by atoms with van der Waals surface area (Å²) in [6.07, 6.45) is 16.0. The Morgan fingerprint density at radius 3 is 2.71 bits per heavy atom. The van der Waals surface area contributed by atoms with Gasteiger partial charge < -0.3 is 15.5 Å². The van der Waals surface area contributed by atoms with Crippen LogP contribution in [-0.4, -0.2) is 30.2 Å². The van der Waals surface area contributed by atoms with Gasteiger partial charge in [-0.15, -0.1) is 0 Å². The van der Waals surface area contributed by atoms with Gasteiger partial charge in [0.2, 0.25) is 0 Å². The third-order valence-electron chi connectivity index (χ3n) is 7.66. The fraction of sp³-hybridized carbons (Fsp3) is 0.615. The van der Waals surface area contributed by atoms with Crippen molar-refractivity contribution in [3.05, 3.63) is 41.3 Å². The van der Waals surface area contributed by atoms with Gasteiger partial charge in [0.1, 0.15) is 12.0 Å². The lowest BCUT2D eigenvalue weighted by molar-refractivity contribution is 0.211. The van der Waals surface area contributed by atoms with Crippen LogP contribution in [0.2, 0.25) is 0 Å². The zero-order chi connectivity index (χ0) is 22.6. The maximum absolute atomic E-state index is 6.10. The molecule has 31 heavy (non-hydrogen) atoms. The summed E-state index contributed by atoms with van der Waals surface area (Å²) in [4.78, 5) is 12.9. The van der Waals surface area contributed by atoms with Crippen LogP contribution in [0.4, 0.5) is 17.3 Å². The van der Waals surface area contributed by atoms with Crippen molar-refractivity contribution in [3.8, 4) is 0 Å². The van der Waals surface area contributed by atoms with E-state index < -0.39 is 0 Å². The van der Waals surface area contributed by atoms with Crippen molar-refractivity contribution in [1.82, 2.24) is 9.97 Å². The van der Waals surface area contributed by atoms with Gasteiger partial charge in [0.25, 0.3) is 0 Å². The van der Waals surface area contributed by atoms with E-state index in [1.165, 1.54) is 43.2 Å². The van der Waals surface area contributed by atoms with Gasteiger partial charge in [0, 0.05) is 13.6 Å². The van der Waals surface area contributed by atoms with E-state index in [0.717, 1.165) is 43.5 Å². The van der Waals surface area contributed by atoms with Crippen molar-refractivity contribution >= 4 is 17.3 Å². The largest absolute Gasteiger partial charge is 0.382 e. The summed E-state index contributed by atoms with van der Waals surface area (Å²) in [5.41, 5.74) is 12.0. The van der Waals surface area contributed by atoms with Gasteiger partial charge in [-0.25, -0.2) is 9.97 Å². The summed E-state index contributed by atoms with van der Waals surface area (Å²) in [6.45, 7) is 13.4. The van der Waals surface area contributed by atoms with E-state index in [9.17, 15) is 0 Å². The Labute approximate surface area is 189 Å². The number of hydrogen-bond acceptors (Lipinski definition) is 5. The molecule has 0 radical (unpaired) electrons. The van der Waals surface area contributed by atoms with Gasteiger partial charge in [-0.1, -0.05) is 48.8 Å². The van der Waals surface area contributed by atoms with E-state index in [4.69, 9.17) is 5.73 Å². The zero-order valence-corrected chi connectivity index (χ0v) is 20.4. The van der Waals surface area contributed by atoms with Crippen molar-refractivity contribution < 1.29 is 0 Å². The van der Waals surface area contributed by atoms with Crippen molar-refractivity contribution in [1.29, 1.82) is 0 Å². The minimum Gasteiger partial charge on any atom is -0.382 e. The molecule has 5 heteroatoms. The van der Waals surface area contributed by atoms with Crippen molar-refractivity contribution in [2.45, 2.75) is 73.1 Å². The number of hydrogen-bond donors (Lipinski definition) is 1. The average Bonchev–Trinajstić information content (AvgIpc) is 3.06. The predicted octanol–water partition coefficient (Wildman–Crippen LogP) is 6.11. The van der Waals surface area contributed by atoms with Crippen molar-refractivity contribution in [2.24, 2.45) is 11.3 Å². The molecule has 0 fully saturated rings. The fourth-order valence-corrected chi connectivity index (χ4v) is 4.92. The first-order valence-electron chi connectivity index (χ1n) is 11.8. The molecule has 5 nitrogen and oxygen atoms in total. The Balaban J connectivity index is 1.48. The molecule has 0 spiro atoms. The summed E-state index contributed by atoms with van der Waals surface area (Å²) < 4.78 is 0. The maximum atomic E-state index is 6.10. The van der Waals surface area contributed by atoms with Crippen LogP contribution >= 0.6 is 0 Å². The van der Waals surface area contributed by atoms with Crippen LogP contribution in [0.5, 0.6) is 0 Å². The smallest absolute Gasteiger partial charge is 0.159 e. The van der Waals surface area contributed by atoms with Crippen LogP contribution in [-0.2, 0) is 0 Å². The Kier molecular flexibility index (Phi) is 7.45. The zero-order valence-electron chi connectivity index (χ0n) is 20.4. The molecule has 1 aliphatic carbocycles. The Bertz CT molecular complexity index is 869. The quantitative estimate of drug-likeness (QED) is 0.511. The molecule has 2 unspecified atom stereocenters. The first-order valence-corrected chi connectivity index (χ1v) is 11.8. The van der Waals surface area contributed by atoms with Gasteiger partial charge in [0.15, 0.2) is 11.6 Å². The lowest BCUT2D eigenvalue weighted by Crippen LogP contribution is -2.29. The molecule has 0 saturated heterocycles.